The van der Waals surface area contributed by atoms with Crippen LogP contribution >= 0.6 is 0 Å². The first-order chi connectivity index (χ1) is 11.8. The van der Waals surface area contributed by atoms with E-state index in [-0.39, 0.29) is 12.0 Å². The van der Waals surface area contributed by atoms with Crippen LogP contribution in [0.1, 0.15) is 30.4 Å². The third-order valence-corrected chi connectivity index (χ3v) is 4.17. The Hall–Kier alpha value is -2.33. The molecular weight excluding hydrogens is 302 g/mol. The van der Waals surface area contributed by atoms with Gasteiger partial charge in [0.1, 0.15) is 12.4 Å². The third-order valence-electron chi connectivity index (χ3n) is 4.17. The quantitative estimate of drug-likeness (QED) is 0.848. The highest BCUT2D eigenvalue weighted by Gasteiger charge is 2.18. The maximum atomic E-state index is 12.0. The van der Waals surface area contributed by atoms with Crippen LogP contribution in [0.4, 0.5) is 0 Å². The maximum absolute atomic E-state index is 12.0. The zero-order chi connectivity index (χ0) is 16.6. The molecule has 1 heterocycles. The molecule has 1 amide bonds. The molecule has 2 aromatic carbocycles. The minimum atomic E-state index is 0.0423. The summed E-state index contributed by atoms with van der Waals surface area (Å²) in [6.45, 7) is 1.78. The fraction of sp³-hybridized carbons (Fsp3) is 0.350. The van der Waals surface area contributed by atoms with Crippen LogP contribution in [0, 0.1) is 0 Å². The van der Waals surface area contributed by atoms with Gasteiger partial charge in [-0.1, -0.05) is 42.5 Å². The van der Waals surface area contributed by atoms with Crippen LogP contribution in [0.25, 0.3) is 0 Å². The molecule has 0 bridgehead atoms. The van der Waals surface area contributed by atoms with E-state index >= 15 is 0 Å². The van der Waals surface area contributed by atoms with Crippen molar-refractivity contribution < 1.29 is 14.3 Å². The predicted molar refractivity (Wildman–Crippen MR) is 92.7 cm³/mol. The van der Waals surface area contributed by atoms with Gasteiger partial charge < -0.3 is 14.8 Å². The van der Waals surface area contributed by atoms with Crippen molar-refractivity contribution in [1.29, 1.82) is 0 Å². The van der Waals surface area contributed by atoms with Gasteiger partial charge in [-0.3, -0.25) is 4.79 Å². The number of para-hydroxylation sites is 1. The van der Waals surface area contributed by atoms with Gasteiger partial charge in [0.15, 0.2) is 0 Å². The minimum absolute atomic E-state index is 0.0423. The number of ether oxygens (including phenoxy) is 2. The van der Waals surface area contributed by atoms with Crippen molar-refractivity contribution in [2.45, 2.75) is 38.5 Å². The summed E-state index contributed by atoms with van der Waals surface area (Å²) in [6.07, 6.45) is 2.57. The molecule has 1 atom stereocenters. The summed E-state index contributed by atoms with van der Waals surface area (Å²) in [4.78, 5) is 12.0. The average molecular weight is 325 g/mol. The van der Waals surface area contributed by atoms with Gasteiger partial charge in [-0.2, -0.15) is 0 Å². The van der Waals surface area contributed by atoms with Gasteiger partial charge in [-0.05, 0) is 36.1 Å². The van der Waals surface area contributed by atoms with E-state index in [0.717, 1.165) is 36.3 Å². The number of amides is 1. The Morgan fingerprint density at radius 2 is 1.83 bits per heavy atom. The highest BCUT2D eigenvalue weighted by Crippen LogP contribution is 2.16. The molecule has 1 unspecified atom stereocenters. The Kier molecular flexibility index (Phi) is 5.85. The fourth-order valence-electron chi connectivity index (χ4n) is 2.83. The Morgan fingerprint density at radius 3 is 2.58 bits per heavy atom. The molecule has 0 spiro atoms. The molecule has 0 saturated carbocycles. The molecule has 1 aliphatic heterocycles. The number of benzene rings is 2. The van der Waals surface area contributed by atoms with Crippen LogP contribution in [-0.2, 0) is 22.7 Å². The lowest BCUT2D eigenvalue weighted by Gasteiger charge is -2.13. The molecule has 24 heavy (non-hydrogen) atoms. The van der Waals surface area contributed by atoms with E-state index in [0.29, 0.717) is 19.6 Å². The van der Waals surface area contributed by atoms with Crippen LogP contribution in [0.2, 0.25) is 0 Å². The predicted octanol–water partition coefficient (Wildman–Crippen LogP) is 3.45. The monoisotopic (exact) mass is 325 g/mol. The summed E-state index contributed by atoms with van der Waals surface area (Å²) >= 11 is 0. The van der Waals surface area contributed by atoms with Crippen LogP contribution in [0.3, 0.4) is 0 Å². The van der Waals surface area contributed by atoms with E-state index in [2.05, 4.69) is 5.32 Å². The molecule has 4 heteroatoms. The summed E-state index contributed by atoms with van der Waals surface area (Å²) in [6, 6.07) is 17.8. The second-order valence-corrected chi connectivity index (χ2v) is 5.99. The van der Waals surface area contributed by atoms with Crippen LogP contribution in [-0.4, -0.2) is 18.6 Å². The summed E-state index contributed by atoms with van der Waals surface area (Å²) in [5, 5.41) is 2.99. The average Bonchev–Trinajstić information content (AvgIpc) is 3.13. The molecule has 3 rings (SSSR count). The number of hydrogen-bond donors (Lipinski definition) is 1. The van der Waals surface area contributed by atoms with Crippen molar-refractivity contribution >= 4 is 5.91 Å². The Bertz CT molecular complexity index is 651. The maximum Gasteiger partial charge on any atom is 0.222 e. The van der Waals surface area contributed by atoms with Crippen molar-refractivity contribution in [2.75, 3.05) is 6.61 Å². The number of rotatable bonds is 7. The van der Waals surface area contributed by atoms with Crippen molar-refractivity contribution in [3.63, 3.8) is 0 Å². The summed E-state index contributed by atoms with van der Waals surface area (Å²) in [5.74, 6) is 0.885. The van der Waals surface area contributed by atoms with E-state index in [1.54, 1.807) is 0 Å². The first kappa shape index (κ1) is 16.5. The van der Waals surface area contributed by atoms with E-state index in [9.17, 15) is 4.79 Å². The lowest BCUT2D eigenvalue weighted by molar-refractivity contribution is -0.123. The van der Waals surface area contributed by atoms with Gasteiger partial charge in [0.2, 0.25) is 5.91 Å². The first-order valence-electron chi connectivity index (χ1n) is 8.44. The van der Waals surface area contributed by atoms with Crippen molar-refractivity contribution in [1.82, 2.24) is 5.32 Å². The van der Waals surface area contributed by atoms with E-state index in [4.69, 9.17) is 9.47 Å². The van der Waals surface area contributed by atoms with E-state index in [1.165, 1.54) is 0 Å². The third kappa shape index (κ3) is 4.83. The zero-order valence-electron chi connectivity index (χ0n) is 13.7. The minimum Gasteiger partial charge on any atom is -0.489 e. The zero-order valence-corrected chi connectivity index (χ0v) is 13.7. The van der Waals surface area contributed by atoms with Gasteiger partial charge in [-0.25, -0.2) is 0 Å². The standard InChI is InChI=1S/C20H23NO3/c22-20(13-19-11-6-12-23-19)21-14-16-7-4-5-8-17(16)15-24-18-9-2-1-3-10-18/h1-5,7-10,19H,6,11-15H2,(H,21,22). The fourth-order valence-corrected chi connectivity index (χ4v) is 2.83. The molecule has 0 radical (unpaired) electrons. The highest BCUT2D eigenvalue weighted by atomic mass is 16.5. The molecule has 1 fully saturated rings. The van der Waals surface area contributed by atoms with Crippen molar-refractivity contribution in [3.05, 3.63) is 65.7 Å². The summed E-state index contributed by atoms with van der Waals surface area (Å²) in [5.41, 5.74) is 2.16. The smallest absolute Gasteiger partial charge is 0.222 e. The van der Waals surface area contributed by atoms with Crippen molar-refractivity contribution in [3.8, 4) is 5.75 Å². The molecule has 4 nitrogen and oxygen atoms in total. The van der Waals surface area contributed by atoms with Crippen LogP contribution in [0.5, 0.6) is 5.75 Å². The molecule has 1 N–H and O–H groups in total. The topological polar surface area (TPSA) is 47.6 Å². The van der Waals surface area contributed by atoms with Gasteiger partial charge >= 0.3 is 0 Å². The Balaban J connectivity index is 1.52. The normalized spacial score (nSPS) is 16.8. The molecule has 0 aliphatic carbocycles. The second-order valence-electron chi connectivity index (χ2n) is 5.99. The van der Waals surface area contributed by atoms with Crippen molar-refractivity contribution in [2.24, 2.45) is 0 Å². The number of carbonyl (C=O) groups is 1. The molecule has 2 aromatic rings. The van der Waals surface area contributed by atoms with Gasteiger partial charge in [-0.15, -0.1) is 0 Å². The first-order valence-corrected chi connectivity index (χ1v) is 8.44. The highest BCUT2D eigenvalue weighted by molar-refractivity contribution is 5.76. The molecule has 1 aliphatic rings. The summed E-state index contributed by atoms with van der Waals surface area (Å²) in [7, 11) is 0. The SMILES string of the molecule is O=C(CC1CCCO1)NCc1ccccc1COc1ccccc1. The molecule has 126 valence electrons. The number of carbonyl (C=O) groups excluding carboxylic acids is 1. The Morgan fingerprint density at radius 1 is 1.08 bits per heavy atom. The lowest BCUT2D eigenvalue weighted by atomic mass is 10.1. The van der Waals surface area contributed by atoms with Gasteiger partial charge in [0.05, 0.1) is 12.5 Å². The lowest BCUT2D eigenvalue weighted by Crippen LogP contribution is -2.27. The van der Waals surface area contributed by atoms with E-state index < -0.39 is 0 Å². The van der Waals surface area contributed by atoms with Gasteiger partial charge in [0, 0.05) is 13.2 Å². The second kappa shape index (κ2) is 8.50. The van der Waals surface area contributed by atoms with Crippen LogP contribution in [0.15, 0.2) is 54.6 Å². The molecular formula is C20H23NO3. The van der Waals surface area contributed by atoms with E-state index in [1.807, 2.05) is 54.6 Å². The molecule has 0 aromatic heterocycles. The number of hydrogen-bond acceptors (Lipinski definition) is 3. The molecule has 1 saturated heterocycles. The number of nitrogens with one attached hydrogen (secondary N) is 1. The van der Waals surface area contributed by atoms with Gasteiger partial charge in [0.25, 0.3) is 0 Å². The van der Waals surface area contributed by atoms with Crippen LogP contribution < -0.4 is 10.1 Å². The largest absolute Gasteiger partial charge is 0.489 e. The summed E-state index contributed by atoms with van der Waals surface area (Å²) < 4.78 is 11.3. The Labute approximate surface area is 142 Å².